The van der Waals surface area contributed by atoms with Crippen LogP contribution >= 0.6 is 0 Å². The molecule has 0 aromatic heterocycles. The van der Waals surface area contributed by atoms with E-state index in [-0.39, 0.29) is 37.9 Å². The number of likely N-dealkylation sites (tertiary alicyclic amines) is 7. The lowest BCUT2D eigenvalue weighted by Gasteiger charge is -2.57. The van der Waals surface area contributed by atoms with E-state index in [4.69, 9.17) is 0 Å². The van der Waals surface area contributed by atoms with Gasteiger partial charge in [0.25, 0.3) is 0 Å². The Kier molecular flexibility index (Phi) is 28.0. The first-order valence-corrected chi connectivity index (χ1v) is 61.6. The smallest absolute Gasteiger partial charge is 0.229 e. The van der Waals surface area contributed by atoms with Crippen molar-refractivity contribution in [3.05, 3.63) is 0 Å². The fraction of sp³-hybridized carbons (Fsp3) is 0.944. The molecule has 35 rings (SSSR count). The van der Waals surface area contributed by atoms with Crippen molar-refractivity contribution < 1.29 is 33.6 Å². The Labute approximate surface area is 845 Å². The highest BCUT2D eigenvalue weighted by Crippen LogP contribution is 2.69. The van der Waals surface area contributed by atoms with Crippen LogP contribution in [0.25, 0.3) is 0 Å². The molecule has 7 amide bonds. The van der Waals surface area contributed by atoms with Crippen molar-refractivity contribution in [3.8, 4) is 0 Å². The Bertz CT molecular complexity index is 4080. The molecule has 7 heterocycles. The second kappa shape index (κ2) is 39.0. The lowest BCUT2D eigenvalue weighted by Crippen LogP contribution is -2.57. The monoisotopic (exact) mass is 1910 g/mol. The molecule has 7 aliphatic heterocycles. The number of nitrogens with zero attached hydrogens (tertiary/aromatic N) is 7. The van der Waals surface area contributed by atoms with E-state index >= 15 is 0 Å². The lowest BCUT2D eigenvalue weighted by atomic mass is 9.49. The van der Waals surface area contributed by atoms with Gasteiger partial charge in [-0.2, -0.15) is 0 Å². The second-order valence-electron chi connectivity index (χ2n) is 60.5. The molecule has 14 heteroatoms. The van der Waals surface area contributed by atoms with Crippen LogP contribution in [-0.4, -0.2) is 167 Å². The zero-order valence-corrected chi connectivity index (χ0v) is 90.7. The SMILES string of the molecule is CC1(C)CCCN(C(=O)C23CC4CC(CC(C4)C2)C3)C1.CC1CC(C)CN(C(=O)C23CC4CC(CC(C4)C2)C3)C1.CC1CCCCN1C(=O)C12CC3CC(CC(C3)C1)C2.CC1CCCN(C(=O)C23CC4CC(CC(C4)C2)C3)C1.CC1CCN(C(=O)C23CC4CC(CC(C4)C2)C3)CC1.CCC1(C)CCN(C(=O)C23CC4CC(CC(C4)C2)C3)CC1.CCC1(CC)CCN(C(=O)C23CC4CC(CC(C4)C2)C3)C1. The maximum absolute atomic E-state index is 13.3. The minimum Gasteiger partial charge on any atom is -0.342 e. The topological polar surface area (TPSA) is 142 Å². The van der Waals surface area contributed by atoms with Gasteiger partial charge in [0.1, 0.15) is 0 Å². The van der Waals surface area contributed by atoms with E-state index in [0.717, 1.165) is 215 Å². The van der Waals surface area contributed by atoms with Gasteiger partial charge in [0.15, 0.2) is 0 Å². The minimum absolute atomic E-state index is 0.0716. The molecule has 0 aromatic carbocycles. The van der Waals surface area contributed by atoms with Crippen molar-refractivity contribution in [1.82, 2.24) is 34.3 Å². The molecule has 35 fully saturated rings. The first kappa shape index (κ1) is 99.9. The highest BCUT2D eigenvalue weighted by molar-refractivity contribution is 5.87. The van der Waals surface area contributed by atoms with Crippen LogP contribution in [0, 0.1) is 202 Å². The molecule has 35 aliphatic rings. The number of hydrogen-bond acceptors (Lipinski definition) is 7. The molecule has 0 radical (unpaired) electrons. The molecule has 28 saturated carbocycles. The minimum atomic E-state index is 0.0716. The summed E-state index contributed by atoms with van der Waals surface area (Å²) in [6.07, 6.45) is 75.6. The van der Waals surface area contributed by atoms with E-state index in [1.165, 1.54) is 372 Å². The Balaban J connectivity index is 0.0000000934. The first-order chi connectivity index (χ1) is 66.5. The van der Waals surface area contributed by atoms with E-state index < -0.39 is 0 Å². The fourth-order valence-corrected chi connectivity index (χ4v) is 43.9. The molecule has 28 bridgehead atoms. The van der Waals surface area contributed by atoms with Gasteiger partial charge in [0.05, 0.1) is 37.9 Å². The van der Waals surface area contributed by atoms with Crippen LogP contribution in [0.2, 0.25) is 0 Å². The zero-order valence-electron chi connectivity index (χ0n) is 90.7. The van der Waals surface area contributed by atoms with Crippen LogP contribution in [0.15, 0.2) is 0 Å². The Morgan fingerprint density at radius 2 is 0.496 bits per heavy atom. The van der Waals surface area contributed by atoms with Crippen molar-refractivity contribution in [2.24, 2.45) is 202 Å². The van der Waals surface area contributed by atoms with Crippen LogP contribution in [0.4, 0.5) is 0 Å². The van der Waals surface area contributed by atoms with Gasteiger partial charge in [0.2, 0.25) is 41.4 Å². The summed E-state index contributed by atoms with van der Waals surface area (Å²) in [7, 11) is 0. The van der Waals surface area contributed by atoms with E-state index in [9.17, 15) is 33.6 Å². The summed E-state index contributed by atoms with van der Waals surface area (Å²) >= 11 is 0. The predicted molar refractivity (Wildman–Crippen MR) is 557 cm³/mol. The van der Waals surface area contributed by atoms with Gasteiger partial charge in [-0.05, 0) is 537 Å². The molecule has 0 spiro atoms. The number of amides is 7. The summed E-state index contributed by atoms with van der Waals surface area (Å²) in [4.78, 5) is 108. The number of carbonyl (C=O) groups excluding carboxylic acids is 7. The van der Waals surface area contributed by atoms with Crippen LogP contribution in [-0.2, 0) is 33.6 Å². The standard InChI is InChI=1S/2C19H31NO.2C18H29NO.3C17H27NO/c1-3-18(2)4-6-20(7-5-18)17(21)19-11-14-8-15(12-19)10-16(9-14)13-19;1-3-18(4-2)5-6-20(13-18)17(21)19-10-14-7-15(11-19)9-16(8-14)12-19;1-12-3-13(2)11-19(10-12)17(20)18-7-14-4-15(8-18)6-16(5-14)9-18;1-17(2)4-3-5-19(12-17)16(20)18-9-13-6-14(10-18)8-15(7-13)11-18;1-12-2-4-18(5-3-12)16(19)17-9-13-6-14(10-17)8-15(7-13)11-17;1-12-3-2-4-18(11-12)16(19)17-8-13-5-14(9-17)7-15(6-13)10-17;1-12-4-2-3-5-18(12)16(19)17-9-13-6-14(10-17)8-15(7-13)11-17/h2*14-16H,3-13H2,1-2H3;12-16H,3-11H2,1-2H3;13-15H,3-12H2,1-2H3;3*12-15H,2-11H2,1H3. The van der Waals surface area contributed by atoms with Gasteiger partial charge in [-0.3, -0.25) is 33.6 Å². The predicted octanol–water partition coefficient (Wildman–Crippen LogP) is 26.6. The van der Waals surface area contributed by atoms with Crippen molar-refractivity contribution in [3.63, 3.8) is 0 Å². The van der Waals surface area contributed by atoms with Crippen molar-refractivity contribution >= 4 is 41.4 Å². The van der Waals surface area contributed by atoms with Gasteiger partial charge < -0.3 is 34.3 Å². The largest absolute Gasteiger partial charge is 0.342 e. The van der Waals surface area contributed by atoms with Crippen LogP contribution in [0.3, 0.4) is 0 Å². The first-order valence-electron chi connectivity index (χ1n) is 61.6. The molecule has 4 unspecified atom stereocenters. The molecular weight excluding hydrogens is 1710 g/mol. The van der Waals surface area contributed by atoms with Gasteiger partial charge in [0, 0.05) is 91.1 Å². The van der Waals surface area contributed by atoms with E-state index in [0.29, 0.717) is 81.4 Å². The maximum Gasteiger partial charge on any atom is 0.229 e. The number of carbonyl (C=O) groups is 7. The van der Waals surface area contributed by atoms with Gasteiger partial charge in [-0.15, -0.1) is 0 Å². The quantitative estimate of drug-likeness (QED) is 0.212. The summed E-state index contributed by atoms with van der Waals surface area (Å²) < 4.78 is 0. The Morgan fingerprint density at radius 1 is 0.223 bits per heavy atom. The van der Waals surface area contributed by atoms with Gasteiger partial charge in [-0.25, -0.2) is 0 Å². The fourth-order valence-electron chi connectivity index (χ4n) is 43.9. The van der Waals surface area contributed by atoms with Gasteiger partial charge >= 0.3 is 0 Å². The highest BCUT2D eigenvalue weighted by Gasteiger charge is 2.65. The summed E-state index contributed by atoms with van der Waals surface area (Å²) in [6, 6.07) is 0.495. The van der Waals surface area contributed by atoms with Crippen molar-refractivity contribution in [2.75, 3.05) is 85.1 Å². The number of rotatable bonds is 10. The van der Waals surface area contributed by atoms with Crippen LogP contribution in [0.5, 0.6) is 0 Å². The molecule has 778 valence electrons. The van der Waals surface area contributed by atoms with E-state index in [1.807, 2.05) is 0 Å². The lowest BCUT2D eigenvalue weighted by molar-refractivity contribution is -0.161. The summed E-state index contributed by atoms with van der Waals surface area (Å²) in [6.45, 7) is 38.8. The molecule has 14 nitrogen and oxygen atoms in total. The van der Waals surface area contributed by atoms with E-state index in [1.54, 1.807) is 0 Å². The Hall–Kier alpha value is -3.71. The number of piperidine rings is 6. The van der Waals surface area contributed by atoms with Crippen LogP contribution < -0.4 is 0 Å². The molecule has 0 aromatic rings. The van der Waals surface area contributed by atoms with Crippen molar-refractivity contribution in [2.45, 2.75) is 455 Å². The third-order valence-corrected chi connectivity index (χ3v) is 48.2. The average Bonchev–Trinajstić information content (AvgIpc) is 1.72. The molecule has 7 saturated heterocycles. The van der Waals surface area contributed by atoms with E-state index in [2.05, 4.69) is 110 Å². The molecule has 0 N–H and O–H groups in total. The Morgan fingerprint density at radius 3 is 0.791 bits per heavy atom. The summed E-state index contributed by atoms with van der Waals surface area (Å²) in [5.74, 6) is 25.3. The summed E-state index contributed by atoms with van der Waals surface area (Å²) in [5.41, 5.74) is 1.81. The highest BCUT2D eigenvalue weighted by atomic mass is 16.2. The molecule has 4 atom stereocenters. The third-order valence-electron chi connectivity index (χ3n) is 48.2. The third kappa shape index (κ3) is 20.1. The number of hydrogen-bond donors (Lipinski definition) is 0. The maximum atomic E-state index is 13.3. The summed E-state index contributed by atoms with van der Waals surface area (Å²) in [5, 5.41) is 0. The zero-order chi connectivity index (χ0) is 96.3. The molecule has 28 aliphatic carbocycles. The van der Waals surface area contributed by atoms with Crippen LogP contribution in [0.1, 0.15) is 449 Å². The normalized spacial score (nSPS) is 46.6. The van der Waals surface area contributed by atoms with Gasteiger partial charge in [-0.1, -0.05) is 75.7 Å². The second-order valence-corrected chi connectivity index (χ2v) is 60.5. The molecular formula is C125H201N7O7. The molecule has 139 heavy (non-hydrogen) atoms. The van der Waals surface area contributed by atoms with Crippen molar-refractivity contribution in [1.29, 1.82) is 0 Å². The average molecular weight is 1910 g/mol.